The molecule has 0 aromatic carbocycles. The quantitative estimate of drug-likeness (QED) is 0.870. The fraction of sp³-hybridized carbons (Fsp3) is 0.273. The van der Waals surface area contributed by atoms with Gasteiger partial charge in [0.05, 0.1) is 12.1 Å². The van der Waals surface area contributed by atoms with Gasteiger partial charge < -0.3 is 9.42 Å². The maximum atomic E-state index is 12.2. The fourth-order valence-corrected chi connectivity index (χ4v) is 1.84. The lowest BCUT2D eigenvalue weighted by molar-refractivity contribution is 0.0781. The van der Waals surface area contributed by atoms with Crippen molar-refractivity contribution in [3.05, 3.63) is 39.5 Å². The first kappa shape index (κ1) is 13.8. The van der Waals surface area contributed by atoms with E-state index in [0.717, 1.165) is 0 Å². The third-order valence-electron chi connectivity index (χ3n) is 2.37. The molecule has 2 aromatic rings. The van der Waals surface area contributed by atoms with Crippen LogP contribution in [0.1, 0.15) is 21.8 Å². The van der Waals surface area contributed by atoms with Gasteiger partial charge in [-0.1, -0.05) is 28.4 Å². The van der Waals surface area contributed by atoms with Crippen molar-refractivity contribution in [2.24, 2.45) is 0 Å². The molecule has 0 atom stereocenters. The van der Waals surface area contributed by atoms with Crippen LogP contribution in [0.3, 0.4) is 0 Å². The maximum absolute atomic E-state index is 12.2. The Morgan fingerprint density at radius 2 is 2.11 bits per heavy atom. The van der Waals surface area contributed by atoms with Gasteiger partial charge in [0.1, 0.15) is 11.5 Å². The Morgan fingerprint density at radius 1 is 1.37 bits per heavy atom. The monoisotopic (exact) mass is 300 g/mol. The molecule has 0 radical (unpaired) electrons. The minimum atomic E-state index is -0.317. The van der Waals surface area contributed by atoms with Crippen LogP contribution in [0.15, 0.2) is 16.7 Å². The Balaban J connectivity index is 2.16. The van der Waals surface area contributed by atoms with Gasteiger partial charge in [-0.25, -0.2) is 0 Å². The number of aryl methyl sites for hydroxylation is 1. The van der Waals surface area contributed by atoms with Crippen molar-refractivity contribution in [2.45, 2.75) is 13.5 Å². The van der Waals surface area contributed by atoms with Gasteiger partial charge in [0.15, 0.2) is 10.3 Å². The van der Waals surface area contributed by atoms with Crippen LogP contribution in [0, 0.1) is 6.92 Å². The molecule has 0 spiro atoms. The average molecular weight is 301 g/mol. The summed E-state index contributed by atoms with van der Waals surface area (Å²) in [7, 11) is 1.62. The number of rotatable bonds is 3. The Hall–Kier alpha value is -1.66. The van der Waals surface area contributed by atoms with Crippen molar-refractivity contribution in [1.82, 2.24) is 20.3 Å². The van der Waals surface area contributed by atoms with Crippen LogP contribution < -0.4 is 0 Å². The summed E-state index contributed by atoms with van der Waals surface area (Å²) >= 11 is 11.5. The molecule has 0 aliphatic heterocycles. The molecule has 0 saturated heterocycles. The SMILES string of the molecule is Cc1cc(CN(C)C(=O)c2cc(Cl)nnc2Cl)no1. The lowest BCUT2D eigenvalue weighted by atomic mass is 10.2. The second-order valence-electron chi connectivity index (χ2n) is 3.96. The Morgan fingerprint density at radius 3 is 2.74 bits per heavy atom. The number of aromatic nitrogens is 3. The molecule has 0 aliphatic carbocycles. The van der Waals surface area contributed by atoms with E-state index in [0.29, 0.717) is 18.0 Å². The van der Waals surface area contributed by atoms with Crippen molar-refractivity contribution in [2.75, 3.05) is 7.05 Å². The fourth-order valence-electron chi connectivity index (χ4n) is 1.52. The maximum Gasteiger partial charge on any atom is 0.257 e. The Labute approximate surface area is 119 Å². The molecule has 6 nitrogen and oxygen atoms in total. The van der Waals surface area contributed by atoms with Gasteiger partial charge in [0, 0.05) is 13.1 Å². The van der Waals surface area contributed by atoms with E-state index in [1.165, 1.54) is 11.0 Å². The van der Waals surface area contributed by atoms with Gasteiger partial charge in [-0.05, 0) is 13.0 Å². The van der Waals surface area contributed by atoms with E-state index in [1.807, 2.05) is 0 Å². The summed E-state index contributed by atoms with van der Waals surface area (Å²) in [6, 6.07) is 3.13. The first-order valence-corrected chi connectivity index (χ1v) is 6.09. The number of amides is 1. The molecule has 2 rings (SSSR count). The van der Waals surface area contributed by atoms with Crippen molar-refractivity contribution in [3.63, 3.8) is 0 Å². The van der Waals surface area contributed by atoms with Gasteiger partial charge in [0.25, 0.3) is 5.91 Å². The molecule has 2 heterocycles. The predicted molar refractivity (Wildman–Crippen MR) is 69.1 cm³/mol. The standard InChI is InChI=1S/C11H10Cl2N4O2/c1-6-3-7(16-19-6)5-17(2)11(18)8-4-9(12)14-15-10(8)13/h3-4H,5H2,1-2H3. The molecule has 0 fully saturated rings. The van der Waals surface area contributed by atoms with Gasteiger partial charge >= 0.3 is 0 Å². The van der Waals surface area contributed by atoms with E-state index in [9.17, 15) is 4.79 Å². The molecule has 100 valence electrons. The van der Waals surface area contributed by atoms with Gasteiger partial charge in [-0.3, -0.25) is 4.79 Å². The van der Waals surface area contributed by atoms with Crippen molar-refractivity contribution in [3.8, 4) is 0 Å². The summed E-state index contributed by atoms with van der Waals surface area (Å²) in [5.74, 6) is 0.366. The molecule has 0 aliphatic rings. The summed E-state index contributed by atoms with van der Waals surface area (Å²) in [4.78, 5) is 13.6. The largest absolute Gasteiger partial charge is 0.361 e. The van der Waals surface area contributed by atoms with E-state index in [-0.39, 0.29) is 21.8 Å². The summed E-state index contributed by atoms with van der Waals surface area (Å²) in [5.41, 5.74) is 0.849. The number of nitrogens with zero attached hydrogens (tertiary/aromatic N) is 4. The molecule has 0 bridgehead atoms. The number of hydrogen-bond acceptors (Lipinski definition) is 5. The Bertz CT molecular complexity index is 614. The van der Waals surface area contributed by atoms with Crippen LogP contribution in [0.5, 0.6) is 0 Å². The zero-order valence-corrected chi connectivity index (χ0v) is 11.7. The van der Waals surface area contributed by atoms with Crippen LogP contribution in [0.25, 0.3) is 0 Å². The molecule has 0 N–H and O–H groups in total. The van der Waals surface area contributed by atoms with E-state index >= 15 is 0 Å². The third kappa shape index (κ3) is 3.21. The zero-order chi connectivity index (χ0) is 14.0. The molecule has 0 unspecified atom stereocenters. The summed E-state index contributed by atoms with van der Waals surface area (Å²) in [5, 5.41) is 11.1. The number of carbonyl (C=O) groups is 1. The summed E-state index contributed by atoms with van der Waals surface area (Å²) in [6.07, 6.45) is 0. The topological polar surface area (TPSA) is 72.1 Å². The third-order valence-corrected chi connectivity index (χ3v) is 2.84. The zero-order valence-electron chi connectivity index (χ0n) is 10.2. The highest BCUT2D eigenvalue weighted by Gasteiger charge is 2.18. The van der Waals surface area contributed by atoms with Gasteiger partial charge in [-0.2, -0.15) is 0 Å². The van der Waals surface area contributed by atoms with E-state index in [1.54, 1.807) is 20.0 Å². The van der Waals surface area contributed by atoms with Crippen molar-refractivity contribution < 1.29 is 9.32 Å². The minimum absolute atomic E-state index is 0.0117. The number of carbonyl (C=O) groups excluding carboxylic acids is 1. The average Bonchev–Trinajstić information content (AvgIpc) is 2.77. The van der Waals surface area contributed by atoms with E-state index < -0.39 is 0 Å². The molecule has 0 saturated carbocycles. The van der Waals surface area contributed by atoms with Crippen LogP contribution in [-0.2, 0) is 6.54 Å². The van der Waals surface area contributed by atoms with Gasteiger partial charge in [0.2, 0.25) is 0 Å². The first-order valence-electron chi connectivity index (χ1n) is 5.33. The van der Waals surface area contributed by atoms with E-state index in [4.69, 9.17) is 27.7 Å². The highest BCUT2D eigenvalue weighted by atomic mass is 35.5. The lowest BCUT2D eigenvalue weighted by Crippen LogP contribution is -2.27. The molecule has 8 heteroatoms. The Kier molecular flexibility index (Phi) is 4.01. The molecular formula is C11H10Cl2N4O2. The minimum Gasteiger partial charge on any atom is -0.361 e. The van der Waals surface area contributed by atoms with E-state index in [2.05, 4.69) is 15.4 Å². The summed E-state index contributed by atoms with van der Waals surface area (Å²) < 4.78 is 4.94. The molecule has 19 heavy (non-hydrogen) atoms. The van der Waals surface area contributed by atoms with Crippen molar-refractivity contribution in [1.29, 1.82) is 0 Å². The first-order chi connectivity index (χ1) is 8.97. The molecule has 2 aromatic heterocycles. The smallest absolute Gasteiger partial charge is 0.257 e. The second-order valence-corrected chi connectivity index (χ2v) is 4.71. The van der Waals surface area contributed by atoms with Crippen LogP contribution in [-0.4, -0.2) is 33.2 Å². The predicted octanol–water partition coefficient (Wildman–Crippen LogP) is 2.35. The normalized spacial score (nSPS) is 10.5. The highest BCUT2D eigenvalue weighted by molar-refractivity contribution is 6.34. The van der Waals surface area contributed by atoms with Gasteiger partial charge in [-0.15, -0.1) is 10.2 Å². The summed E-state index contributed by atoms with van der Waals surface area (Å²) in [6.45, 7) is 2.08. The van der Waals surface area contributed by atoms with Crippen LogP contribution >= 0.6 is 23.2 Å². The van der Waals surface area contributed by atoms with Crippen molar-refractivity contribution >= 4 is 29.1 Å². The molecule has 1 amide bonds. The van der Waals surface area contributed by atoms with Crippen LogP contribution in [0.4, 0.5) is 0 Å². The second kappa shape index (κ2) is 5.54. The lowest BCUT2D eigenvalue weighted by Gasteiger charge is -2.15. The highest BCUT2D eigenvalue weighted by Crippen LogP contribution is 2.18. The molecular weight excluding hydrogens is 291 g/mol. The number of hydrogen-bond donors (Lipinski definition) is 0. The van der Waals surface area contributed by atoms with Crippen LogP contribution in [0.2, 0.25) is 10.3 Å². The number of halogens is 2.